The zero-order valence-corrected chi connectivity index (χ0v) is 14.8. The lowest BCUT2D eigenvalue weighted by atomic mass is 9.89. The molecule has 7 heteroatoms. The molecule has 2 aromatic carbocycles. The summed E-state index contributed by atoms with van der Waals surface area (Å²) >= 11 is 0. The van der Waals surface area contributed by atoms with Crippen LogP contribution in [-0.4, -0.2) is 16.7 Å². The lowest BCUT2D eigenvalue weighted by Gasteiger charge is -2.50. The number of carbonyl (C=O) groups excluding carboxylic acids is 1. The first-order chi connectivity index (χ1) is 12.3. The Hall–Kier alpha value is -3.09. The van der Waals surface area contributed by atoms with Gasteiger partial charge < -0.3 is 10.1 Å². The number of aryl methyl sites for hydroxylation is 1. The quantitative estimate of drug-likeness (QED) is 0.654. The Labute approximate surface area is 150 Å². The van der Waals surface area contributed by atoms with Crippen LogP contribution in [-0.2, 0) is 0 Å². The Morgan fingerprint density at radius 1 is 1.31 bits per heavy atom. The van der Waals surface area contributed by atoms with Crippen molar-refractivity contribution in [1.82, 2.24) is 5.32 Å². The molecule has 2 aliphatic rings. The largest absolute Gasteiger partial charge is 0.467 e. The molecule has 26 heavy (non-hydrogen) atoms. The fraction of sp³-hybridized carbons (Fsp3) is 0.316. The van der Waals surface area contributed by atoms with Gasteiger partial charge in [-0.05, 0) is 44.0 Å². The van der Waals surface area contributed by atoms with Gasteiger partial charge in [-0.25, -0.2) is 4.79 Å². The number of nitro groups is 1. The second-order valence-corrected chi connectivity index (χ2v) is 7.02. The summed E-state index contributed by atoms with van der Waals surface area (Å²) in [5.74, 6) is 0.560. The van der Waals surface area contributed by atoms with E-state index >= 15 is 0 Å². The fourth-order valence-electron chi connectivity index (χ4n) is 3.82. The molecule has 2 aliphatic heterocycles. The number of nitrogens with zero attached hydrogens (tertiary/aromatic N) is 2. The molecule has 0 radical (unpaired) electrons. The highest BCUT2D eigenvalue weighted by Crippen LogP contribution is 2.47. The molecule has 4 rings (SSSR count). The molecule has 1 fully saturated rings. The number of nitro benzene ring substituents is 1. The summed E-state index contributed by atoms with van der Waals surface area (Å²) < 4.78 is 6.20. The Morgan fingerprint density at radius 3 is 2.81 bits per heavy atom. The molecule has 1 saturated heterocycles. The van der Waals surface area contributed by atoms with E-state index in [-0.39, 0.29) is 17.8 Å². The predicted octanol–water partition coefficient (Wildman–Crippen LogP) is 3.98. The van der Waals surface area contributed by atoms with Gasteiger partial charge in [-0.1, -0.05) is 12.1 Å². The Bertz CT molecular complexity index is 942. The first-order valence-corrected chi connectivity index (χ1v) is 8.44. The van der Waals surface area contributed by atoms with E-state index in [1.807, 2.05) is 39.0 Å². The van der Waals surface area contributed by atoms with Gasteiger partial charge in [-0.15, -0.1) is 0 Å². The van der Waals surface area contributed by atoms with Crippen molar-refractivity contribution in [2.75, 3.05) is 4.90 Å². The molecule has 2 aromatic rings. The SMILES string of the molecule is Cc1cccc(N2C(=O)N[C@H]3C[C@@]2(C)Oc2ccc([N+](=O)[O-])cc23)c1C. The van der Waals surface area contributed by atoms with Crippen LogP contribution in [0.25, 0.3) is 0 Å². The van der Waals surface area contributed by atoms with Crippen LogP contribution in [0, 0.1) is 24.0 Å². The second-order valence-electron chi connectivity index (χ2n) is 7.02. The highest BCUT2D eigenvalue weighted by atomic mass is 16.6. The Kier molecular flexibility index (Phi) is 3.44. The number of urea groups is 1. The van der Waals surface area contributed by atoms with Gasteiger partial charge in [0.25, 0.3) is 5.69 Å². The minimum Gasteiger partial charge on any atom is -0.467 e. The number of benzene rings is 2. The summed E-state index contributed by atoms with van der Waals surface area (Å²) in [5, 5.41) is 14.0. The van der Waals surface area contributed by atoms with E-state index in [1.54, 1.807) is 11.0 Å². The minimum atomic E-state index is -0.866. The van der Waals surface area contributed by atoms with Gasteiger partial charge in [-0.3, -0.25) is 15.0 Å². The van der Waals surface area contributed by atoms with Crippen molar-refractivity contribution in [3.63, 3.8) is 0 Å². The highest BCUT2D eigenvalue weighted by Gasteiger charge is 2.50. The molecule has 0 saturated carbocycles. The number of anilines is 1. The van der Waals surface area contributed by atoms with E-state index in [4.69, 9.17) is 4.74 Å². The van der Waals surface area contributed by atoms with Crippen LogP contribution in [0.3, 0.4) is 0 Å². The number of hydrogen-bond donors (Lipinski definition) is 1. The van der Waals surface area contributed by atoms with E-state index in [0.717, 1.165) is 16.8 Å². The standard InChI is InChI=1S/C19H19N3O4/c1-11-5-4-6-16(12(11)2)21-18(23)20-15-10-19(21,3)26-17-8-7-13(22(24)25)9-14(15)17/h4-9,15H,10H2,1-3H3,(H,20,23)/t15-,19+/m0/s1. The summed E-state index contributed by atoms with van der Waals surface area (Å²) in [6, 6.07) is 9.74. The van der Waals surface area contributed by atoms with Gasteiger partial charge in [0.15, 0.2) is 5.72 Å². The Morgan fingerprint density at radius 2 is 2.08 bits per heavy atom. The van der Waals surface area contributed by atoms with Crippen LogP contribution < -0.4 is 15.0 Å². The lowest BCUT2D eigenvalue weighted by Crippen LogP contribution is -2.65. The number of amides is 2. The van der Waals surface area contributed by atoms with Gasteiger partial charge in [-0.2, -0.15) is 0 Å². The third kappa shape index (κ3) is 2.31. The van der Waals surface area contributed by atoms with E-state index in [2.05, 4.69) is 5.32 Å². The van der Waals surface area contributed by atoms with Crippen LogP contribution in [0.15, 0.2) is 36.4 Å². The van der Waals surface area contributed by atoms with Crippen LogP contribution in [0.5, 0.6) is 5.75 Å². The molecule has 2 heterocycles. The molecule has 0 spiro atoms. The number of nitrogens with one attached hydrogen (secondary N) is 1. The maximum Gasteiger partial charge on any atom is 0.325 e. The van der Waals surface area contributed by atoms with Crippen molar-refractivity contribution < 1.29 is 14.5 Å². The van der Waals surface area contributed by atoms with Crippen LogP contribution in [0.1, 0.15) is 36.1 Å². The number of carbonyl (C=O) groups is 1. The van der Waals surface area contributed by atoms with Crippen molar-refractivity contribution >= 4 is 17.4 Å². The molecule has 0 aromatic heterocycles. The van der Waals surface area contributed by atoms with Gasteiger partial charge in [0.1, 0.15) is 5.75 Å². The van der Waals surface area contributed by atoms with Crippen molar-refractivity contribution in [2.24, 2.45) is 0 Å². The van der Waals surface area contributed by atoms with Crippen LogP contribution in [0.4, 0.5) is 16.2 Å². The zero-order valence-electron chi connectivity index (χ0n) is 14.8. The molecule has 2 amide bonds. The summed E-state index contributed by atoms with van der Waals surface area (Å²) in [4.78, 5) is 25.2. The molecule has 2 bridgehead atoms. The maximum absolute atomic E-state index is 12.9. The number of ether oxygens (including phenoxy) is 1. The highest BCUT2D eigenvalue weighted by molar-refractivity contribution is 5.95. The molecule has 0 aliphatic carbocycles. The number of fused-ring (bicyclic) bond motifs is 4. The van der Waals surface area contributed by atoms with Crippen molar-refractivity contribution in [2.45, 2.75) is 39.0 Å². The molecule has 7 nitrogen and oxygen atoms in total. The monoisotopic (exact) mass is 353 g/mol. The molecule has 134 valence electrons. The summed E-state index contributed by atoms with van der Waals surface area (Å²) in [7, 11) is 0. The van der Waals surface area contributed by atoms with Crippen LogP contribution >= 0.6 is 0 Å². The topological polar surface area (TPSA) is 84.7 Å². The second kappa shape index (κ2) is 5.45. The van der Waals surface area contributed by atoms with Gasteiger partial charge in [0.2, 0.25) is 0 Å². The van der Waals surface area contributed by atoms with E-state index < -0.39 is 10.6 Å². The van der Waals surface area contributed by atoms with Gasteiger partial charge >= 0.3 is 6.03 Å². The predicted molar refractivity (Wildman–Crippen MR) is 96.4 cm³/mol. The van der Waals surface area contributed by atoms with Crippen LogP contribution in [0.2, 0.25) is 0 Å². The van der Waals surface area contributed by atoms with Crippen molar-refractivity contribution in [1.29, 1.82) is 0 Å². The molecule has 1 N–H and O–H groups in total. The first-order valence-electron chi connectivity index (χ1n) is 8.44. The third-order valence-electron chi connectivity index (χ3n) is 5.28. The lowest BCUT2D eigenvalue weighted by molar-refractivity contribution is -0.385. The normalized spacial score (nSPS) is 23.7. The number of rotatable bonds is 2. The number of non-ortho nitro benzene ring substituents is 1. The first kappa shape index (κ1) is 16.4. The molecule has 2 atom stereocenters. The van der Waals surface area contributed by atoms with Crippen molar-refractivity contribution in [3.8, 4) is 5.75 Å². The van der Waals surface area contributed by atoms with E-state index in [0.29, 0.717) is 17.7 Å². The molecular weight excluding hydrogens is 334 g/mol. The van der Waals surface area contributed by atoms with Crippen molar-refractivity contribution in [3.05, 3.63) is 63.2 Å². The fourth-order valence-corrected chi connectivity index (χ4v) is 3.82. The zero-order chi connectivity index (χ0) is 18.6. The average molecular weight is 353 g/mol. The average Bonchev–Trinajstić information content (AvgIpc) is 2.57. The molecule has 0 unspecified atom stereocenters. The van der Waals surface area contributed by atoms with Gasteiger partial charge in [0.05, 0.1) is 16.7 Å². The summed E-state index contributed by atoms with van der Waals surface area (Å²) in [6.07, 6.45) is 0.500. The third-order valence-corrected chi connectivity index (χ3v) is 5.28. The smallest absolute Gasteiger partial charge is 0.325 e. The maximum atomic E-state index is 12.9. The van der Waals surface area contributed by atoms with E-state index in [9.17, 15) is 14.9 Å². The molecular formula is C19H19N3O4. The Balaban J connectivity index is 1.81. The minimum absolute atomic E-state index is 0.0119. The number of hydrogen-bond acceptors (Lipinski definition) is 4. The summed E-state index contributed by atoms with van der Waals surface area (Å²) in [6.45, 7) is 5.86. The van der Waals surface area contributed by atoms with Gasteiger partial charge in [0, 0.05) is 24.1 Å². The summed E-state index contributed by atoms with van der Waals surface area (Å²) in [5.41, 5.74) is 2.67. The van der Waals surface area contributed by atoms with E-state index in [1.165, 1.54) is 12.1 Å².